The zero-order chi connectivity index (χ0) is 15.2. The Hall–Kier alpha value is -0.200. The highest BCUT2D eigenvalue weighted by molar-refractivity contribution is 7.90. The van der Waals surface area contributed by atoms with Crippen molar-refractivity contribution in [3.63, 3.8) is 0 Å². The van der Waals surface area contributed by atoms with E-state index in [4.69, 9.17) is 0 Å². The first-order valence-electron chi connectivity index (χ1n) is 7.40. The van der Waals surface area contributed by atoms with Crippen molar-refractivity contribution in [1.82, 2.24) is 9.62 Å². The highest BCUT2D eigenvalue weighted by Crippen LogP contribution is 2.47. The number of piperidine rings is 1. The number of hydrogen-bond donors (Lipinski definition) is 1. The molecule has 1 saturated carbocycles. The van der Waals surface area contributed by atoms with Crippen molar-refractivity contribution in [2.75, 3.05) is 20.1 Å². The Labute approximate surface area is 122 Å². The van der Waals surface area contributed by atoms with Gasteiger partial charge in [-0.15, -0.1) is 0 Å². The monoisotopic (exact) mass is 306 g/mol. The largest absolute Gasteiger partial charge is 0.306 e. The van der Waals surface area contributed by atoms with Crippen LogP contribution in [0.5, 0.6) is 0 Å². The smallest absolute Gasteiger partial charge is 0.216 e. The number of sulfonamides is 1. The highest BCUT2D eigenvalue weighted by atomic mass is 32.2. The van der Waals surface area contributed by atoms with Gasteiger partial charge in [0.15, 0.2) is 0 Å². The SMILES string of the molecule is CN1CCC2(CC1)C[C@@H](F)C[C@H]2NS(=O)(=O)C(C)(C)C. The summed E-state index contributed by atoms with van der Waals surface area (Å²) in [5.41, 5.74) is -0.190. The van der Waals surface area contributed by atoms with Gasteiger partial charge in [-0.2, -0.15) is 0 Å². The lowest BCUT2D eigenvalue weighted by Gasteiger charge is -2.42. The van der Waals surface area contributed by atoms with Crippen LogP contribution in [-0.2, 0) is 10.0 Å². The first-order valence-corrected chi connectivity index (χ1v) is 8.89. The van der Waals surface area contributed by atoms with Gasteiger partial charge in [0.2, 0.25) is 10.0 Å². The van der Waals surface area contributed by atoms with E-state index in [2.05, 4.69) is 16.7 Å². The number of likely N-dealkylation sites (tertiary alicyclic amines) is 1. The third kappa shape index (κ3) is 3.02. The van der Waals surface area contributed by atoms with E-state index in [0.29, 0.717) is 12.8 Å². The van der Waals surface area contributed by atoms with Gasteiger partial charge in [0.1, 0.15) is 6.17 Å². The lowest BCUT2D eigenvalue weighted by Crippen LogP contribution is -2.52. The van der Waals surface area contributed by atoms with Crippen LogP contribution in [0.4, 0.5) is 4.39 Å². The van der Waals surface area contributed by atoms with Crippen molar-refractivity contribution >= 4 is 10.0 Å². The van der Waals surface area contributed by atoms with Gasteiger partial charge in [-0.1, -0.05) is 0 Å². The molecule has 4 nitrogen and oxygen atoms in total. The van der Waals surface area contributed by atoms with Gasteiger partial charge >= 0.3 is 0 Å². The Kier molecular flexibility index (Phi) is 4.22. The van der Waals surface area contributed by atoms with Crippen molar-refractivity contribution in [3.05, 3.63) is 0 Å². The zero-order valence-corrected chi connectivity index (χ0v) is 13.8. The normalized spacial score (nSPS) is 31.9. The molecule has 118 valence electrons. The van der Waals surface area contributed by atoms with E-state index in [1.54, 1.807) is 20.8 Å². The van der Waals surface area contributed by atoms with Gasteiger partial charge in [0.25, 0.3) is 0 Å². The van der Waals surface area contributed by atoms with Gasteiger partial charge in [0, 0.05) is 6.04 Å². The van der Waals surface area contributed by atoms with E-state index in [-0.39, 0.29) is 11.5 Å². The molecule has 2 atom stereocenters. The van der Waals surface area contributed by atoms with Crippen LogP contribution in [0.15, 0.2) is 0 Å². The first kappa shape index (κ1) is 16.2. The molecule has 0 aromatic carbocycles. The summed E-state index contributed by atoms with van der Waals surface area (Å²) in [6, 6.07) is -0.254. The van der Waals surface area contributed by atoms with E-state index in [1.807, 2.05) is 0 Å². The van der Waals surface area contributed by atoms with Gasteiger partial charge in [-0.25, -0.2) is 17.5 Å². The molecule has 0 aromatic rings. The molecule has 0 radical (unpaired) electrons. The molecule has 1 heterocycles. The van der Waals surface area contributed by atoms with E-state index in [9.17, 15) is 12.8 Å². The minimum Gasteiger partial charge on any atom is -0.306 e. The Morgan fingerprint density at radius 3 is 2.30 bits per heavy atom. The van der Waals surface area contributed by atoms with Crippen LogP contribution < -0.4 is 4.72 Å². The molecule has 1 spiro atoms. The summed E-state index contributed by atoms with van der Waals surface area (Å²) >= 11 is 0. The summed E-state index contributed by atoms with van der Waals surface area (Å²) in [6.07, 6.45) is 1.69. The number of hydrogen-bond acceptors (Lipinski definition) is 3. The summed E-state index contributed by atoms with van der Waals surface area (Å²) < 4.78 is 40.6. The maximum atomic E-state index is 13.9. The van der Waals surface area contributed by atoms with Crippen molar-refractivity contribution < 1.29 is 12.8 Å². The Balaban J connectivity index is 2.18. The number of halogens is 1. The lowest BCUT2D eigenvalue weighted by atomic mass is 9.74. The molecular weight excluding hydrogens is 279 g/mol. The van der Waals surface area contributed by atoms with Crippen LogP contribution in [0.2, 0.25) is 0 Å². The van der Waals surface area contributed by atoms with Gasteiger partial charge < -0.3 is 4.90 Å². The summed E-state index contributed by atoms with van der Waals surface area (Å²) in [6.45, 7) is 6.87. The standard InChI is InChI=1S/C14H27FN2O2S/c1-13(2,3)20(18,19)16-12-9-11(15)10-14(12)5-7-17(4)8-6-14/h11-12,16H,5-10H2,1-4H3/t11-,12+/m0/s1. The topological polar surface area (TPSA) is 49.4 Å². The molecule has 2 aliphatic rings. The van der Waals surface area contributed by atoms with Crippen LogP contribution >= 0.6 is 0 Å². The Morgan fingerprint density at radius 1 is 1.25 bits per heavy atom. The average Bonchev–Trinajstić information content (AvgIpc) is 2.57. The molecule has 1 aliphatic carbocycles. The first-order chi connectivity index (χ1) is 9.06. The van der Waals surface area contributed by atoms with E-state index >= 15 is 0 Å². The molecule has 2 fully saturated rings. The van der Waals surface area contributed by atoms with Crippen LogP contribution in [0, 0.1) is 5.41 Å². The molecular formula is C14H27FN2O2S. The fourth-order valence-corrected chi connectivity index (χ4v) is 4.40. The number of rotatable bonds is 2. The third-order valence-electron chi connectivity index (χ3n) is 4.95. The molecule has 6 heteroatoms. The van der Waals surface area contributed by atoms with E-state index in [1.165, 1.54) is 0 Å². The summed E-state index contributed by atoms with van der Waals surface area (Å²) in [7, 11) is -1.37. The molecule has 0 unspecified atom stereocenters. The summed E-state index contributed by atoms with van der Waals surface area (Å²) in [5.74, 6) is 0. The third-order valence-corrected chi connectivity index (χ3v) is 7.15. The summed E-state index contributed by atoms with van der Waals surface area (Å²) in [5, 5.41) is 0. The predicted molar refractivity (Wildman–Crippen MR) is 78.9 cm³/mol. The molecule has 1 N–H and O–H groups in total. The second kappa shape index (κ2) is 5.21. The van der Waals surface area contributed by atoms with Gasteiger partial charge in [0.05, 0.1) is 4.75 Å². The van der Waals surface area contributed by atoms with Crippen molar-refractivity contribution in [2.24, 2.45) is 5.41 Å². The number of nitrogens with one attached hydrogen (secondary N) is 1. The zero-order valence-electron chi connectivity index (χ0n) is 12.9. The minimum atomic E-state index is -3.42. The van der Waals surface area contributed by atoms with Crippen molar-refractivity contribution in [3.8, 4) is 0 Å². The second-order valence-corrected chi connectivity index (χ2v) is 9.96. The van der Waals surface area contributed by atoms with Crippen LogP contribution in [0.1, 0.15) is 46.5 Å². The second-order valence-electron chi connectivity index (χ2n) is 7.49. The maximum absolute atomic E-state index is 13.9. The Morgan fingerprint density at radius 2 is 1.80 bits per heavy atom. The van der Waals surface area contributed by atoms with Crippen molar-refractivity contribution in [2.45, 2.75) is 63.4 Å². The molecule has 0 amide bonds. The highest BCUT2D eigenvalue weighted by Gasteiger charge is 2.50. The number of alkyl halides is 1. The van der Waals surface area contributed by atoms with E-state index in [0.717, 1.165) is 25.9 Å². The minimum absolute atomic E-state index is 0.190. The van der Waals surface area contributed by atoms with E-state index < -0.39 is 20.9 Å². The molecule has 0 aromatic heterocycles. The van der Waals surface area contributed by atoms with Crippen LogP contribution in [-0.4, -0.2) is 50.4 Å². The summed E-state index contributed by atoms with van der Waals surface area (Å²) in [4.78, 5) is 2.23. The molecule has 2 rings (SSSR count). The molecule has 0 bridgehead atoms. The predicted octanol–water partition coefficient (Wildman–Crippen LogP) is 1.92. The fraction of sp³-hybridized carbons (Fsp3) is 1.00. The molecule has 20 heavy (non-hydrogen) atoms. The average molecular weight is 306 g/mol. The van der Waals surface area contributed by atoms with Crippen LogP contribution in [0.25, 0.3) is 0 Å². The van der Waals surface area contributed by atoms with Gasteiger partial charge in [-0.05, 0) is 72.0 Å². The van der Waals surface area contributed by atoms with Crippen molar-refractivity contribution in [1.29, 1.82) is 0 Å². The van der Waals surface area contributed by atoms with Gasteiger partial charge in [-0.3, -0.25) is 0 Å². The lowest BCUT2D eigenvalue weighted by molar-refractivity contribution is 0.101. The molecule has 1 aliphatic heterocycles. The maximum Gasteiger partial charge on any atom is 0.216 e. The molecule has 1 saturated heterocycles. The Bertz CT molecular complexity index is 450. The fourth-order valence-electron chi connectivity index (χ4n) is 3.33. The number of nitrogens with zero attached hydrogens (tertiary/aromatic N) is 1. The van der Waals surface area contributed by atoms with Crippen LogP contribution in [0.3, 0.4) is 0 Å². The quantitative estimate of drug-likeness (QED) is 0.848.